The summed E-state index contributed by atoms with van der Waals surface area (Å²) in [6, 6.07) is 4.48. The monoisotopic (exact) mass is 385 g/mol. The number of ether oxygens (including phenoxy) is 1. The van der Waals surface area contributed by atoms with Gasteiger partial charge in [-0.25, -0.2) is 0 Å². The summed E-state index contributed by atoms with van der Waals surface area (Å²) in [6.45, 7) is 0.154. The third kappa shape index (κ3) is 3.07. The van der Waals surface area contributed by atoms with Gasteiger partial charge in [-0.15, -0.1) is 0 Å². The van der Waals surface area contributed by atoms with Crippen LogP contribution in [-0.4, -0.2) is 59.2 Å². The van der Waals surface area contributed by atoms with Crippen LogP contribution in [0.3, 0.4) is 0 Å². The molecule has 0 radical (unpaired) electrons. The first kappa shape index (κ1) is 18.6. The lowest BCUT2D eigenvalue weighted by Gasteiger charge is -2.42. The number of nitrogens with one attached hydrogen (secondary N) is 1. The summed E-state index contributed by atoms with van der Waals surface area (Å²) in [5.41, 5.74) is 1.72. The number of imide groups is 1. The number of carbonyl (C=O) groups is 4. The van der Waals surface area contributed by atoms with Gasteiger partial charge in [0.05, 0.1) is 0 Å². The minimum atomic E-state index is -0.638. The van der Waals surface area contributed by atoms with E-state index in [9.17, 15) is 19.2 Å². The summed E-state index contributed by atoms with van der Waals surface area (Å²) < 4.78 is 4.84. The Labute approximate surface area is 162 Å². The molecule has 1 aromatic rings. The van der Waals surface area contributed by atoms with Gasteiger partial charge in [0.15, 0.2) is 0 Å². The van der Waals surface area contributed by atoms with E-state index >= 15 is 0 Å². The zero-order valence-corrected chi connectivity index (χ0v) is 15.8. The Morgan fingerprint density at radius 1 is 1.21 bits per heavy atom. The highest BCUT2D eigenvalue weighted by Crippen LogP contribution is 2.35. The van der Waals surface area contributed by atoms with E-state index in [4.69, 9.17) is 4.74 Å². The highest BCUT2D eigenvalue weighted by Gasteiger charge is 2.46. The molecule has 1 saturated carbocycles. The summed E-state index contributed by atoms with van der Waals surface area (Å²) in [6.07, 6.45) is 3.31. The molecule has 3 aliphatic rings. The fraction of sp³-hybridized carbons (Fsp3) is 0.500. The molecule has 2 heterocycles. The first-order valence-corrected chi connectivity index (χ1v) is 9.58. The standard InChI is InChI=1S/C20H23N3O5/c1-28-11-17(24)21-15-7-3-6-13-14(15)10-22(19(13)26)16-8-9-18(25)23(20(16)27)12-4-2-5-12/h3,6-7,12,16H,2,4-5,8-11H2,1H3,(H,21,24). The Morgan fingerprint density at radius 2 is 2.00 bits per heavy atom. The fourth-order valence-electron chi connectivity index (χ4n) is 4.15. The topological polar surface area (TPSA) is 96.0 Å². The van der Waals surface area contributed by atoms with Crippen LogP contribution in [0.5, 0.6) is 0 Å². The van der Waals surface area contributed by atoms with E-state index in [1.165, 1.54) is 16.9 Å². The van der Waals surface area contributed by atoms with Crippen LogP contribution >= 0.6 is 0 Å². The minimum absolute atomic E-state index is 0.0215. The maximum atomic E-state index is 13.0. The maximum absolute atomic E-state index is 13.0. The average molecular weight is 385 g/mol. The molecule has 1 aromatic carbocycles. The van der Waals surface area contributed by atoms with Crippen LogP contribution in [0.25, 0.3) is 0 Å². The highest BCUT2D eigenvalue weighted by molar-refractivity contribution is 6.07. The molecule has 28 heavy (non-hydrogen) atoms. The maximum Gasteiger partial charge on any atom is 0.255 e. The summed E-state index contributed by atoms with van der Waals surface area (Å²) in [7, 11) is 1.43. The Bertz CT molecular complexity index is 848. The number of amides is 4. The number of rotatable bonds is 5. The number of fused-ring (bicyclic) bond motifs is 1. The molecular weight excluding hydrogens is 362 g/mol. The second-order valence-corrected chi connectivity index (χ2v) is 7.49. The molecule has 0 spiro atoms. The third-order valence-electron chi connectivity index (χ3n) is 5.78. The average Bonchev–Trinajstić information content (AvgIpc) is 2.95. The van der Waals surface area contributed by atoms with Crippen LogP contribution in [0, 0.1) is 0 Å². The number of piperidine rings is 1. The van der Waals surface area contributed by atoms with Gasteiger partial charge >= 0.3 is 0 Å². The van der Waals surface area contributed by atoms with Gasteiger partial charge in [0.2, 0.25) is 11.8 Å². The van der Waals surface area contributed by atoms with Crippen molar-refractivity contribution in [3.63, 3.8) is 0 Å². The van der Waals surface area contributed by atoms with Crippen LogP contribution in [0.4, 0.5) is 5.69 Å². The quantitative estimate of drug-likeness (QED) is 0.771. The van der Waals surface area contributed by atoms with Crippen LogP contribution in [0.2, 0.25) is 0 Å². The Kier molecular flexibility index (Phi) is 4.89. The number of hydrogen-bond donors (Lipinski definition) is 1. The fourth-order valence-corrected chi connectivity index (χ4v) is 4.15. The molecule has 1 unspecified atom stereocenters. The number of nitrogens with zero attached hydrogens (tertiary/aromatic N) is 2. The summed E-state index contributed by atoms with van der Waals surface area (Å²) in [5, 5.41) is 2.76. The summed E-state index contributed by atoms with van der Waals surface area (Å²) >= 11 is 0. The number of carbonyl (C=O) groups excluding carboxylic acids is 4. The van der Waals surface area contributed by atoms with E-state index in [1.807, 2.05) is 0 Å². The van der Waals surface area contributed by atoms with Gasteiger partial charge in [-0.2, -0.15) is 0 Å². The molecule has 4 amide bonds. The molecule has 148 valence electrons. The molecular formula is C20H23N3O5. The van der Waals surface area contributed by atoms with Crippen molar-refractivity contribution in [3.8, 4) is 0 Å². The van der Waals surface area contributed by atoms with Gasteiger partial charge in [-0.3, -0.25) is 24.1 Å². The molecule has 8 nitrogen and oxygen atoms in total. The lowest BCUT2D eigenvalue weighted by atomic mass is 9.88. The number of hydrogen-bond acceptors (Lipinski definition) is 5. The van der Waals surface area contributed by atoms with Crippen molar-refractivity contribution in [2.45, 2.75) is 50.7 Å². The van der Waals surface area contributed by atoms with Crippen LogP contribution in [0.15, 0.2) is 18.2 Å². The summed E-state index contributed by atoms with van der Waals surface area (Å²) in [4.78, 5) is 53.1. The lowest BCUT2D eigenvalue weighted by molar-refractivity contribution is -0.157. The normalized spacial score (nSPS) is 22.3. The number of methoxy groups -OCH3 is 1. The largest absolute Gasteiger partial charge is 0.375 e. The van der Waals surface area contributed by atoms with Crippen molar-refractivity contribution < 1.29 is 23.9 Å². The van der Waals surface area contributed by atoms with E-state index in [1.54, 1.807) is 18.2 Å². The molecule has 2 fully saturated rings. The molecule has 1 atom stereocenters. The van der Waals surface area contributed by atoms with Crippen molar-refractivity contribution in [3.05, 3.63) is 29.3 Å². The molecule has 4 rings (SSSR count). The van der Waals surface area contributed by atoms with Crippen molar-refractivity contribution in [1.82, 2.24) is 9.80 Å². The third-order valence-corrected chi connectivity index (χ3v) is 5.78. The Morgan fingerprint density at radius 3 is 2.68 bits per heavy atom. The van der Waals surface area contributed by atoms with E-state index < -0.39 is 6.04 Å². The van der Waals surface area contributed by atoms with Crippen molar-refractivity contribution in [2.75, 3.05) is 19.0 Å². The zero-order chi connectivity index (χ0) is 19.8. The van der Waals surface area contributed by atoms with Crippen LogP contribution < -0.4 is 5.32 Å². The van der Waals surface area contributed by atoms with Gasteiger partial charge in [0.25, 0.3) is 11.8 Å². The van der Waals surface area contributed by atoms with Crippen LogP contribution in [-0.2, 0) is 25.7 Å². The minimum Gasteiger partial charge on any atom is -0.375 e. The van der Waals surface area contributed by atoms with E-state index in [0.29, 0.717) is 23.2 Å². The van der Waals surface area contributed by atoms with Gasteiger partial charge in [0.1, 0.15) is 12.6 Å². The van der Waals surface area contributed by atoms with Crippen molar-refractivity contribution >= 4 is 29.3 Å². The van der Waals surface area contributed by atoms with E-state index in [0.717, 1.165) is 19.3 Å². The predicted octanol–water partition coefficient (Wildman–Crippen LogP) is 1.30. The summed E-state index contributed by atoms with van der Waals surface area (Å²) in [5.74, 6) is -0.953. The second-order valence-electron chi connectivity index (χ2n) is 7.49. The van der Waals surface area contributed by atoms with Crippen LogP contribution in [0.1, 0.15) is 48.0 Å². The van der Waals surface area contributed by atoms with Crippen molar-refractivity contribution in [1.29, 1.82) is 0 Å². The predicted molar refractivity (Wildman–Crippen MR) is 99.3 cm³/mol. The Hall–Kier alpha value is -2.74. The number of anilines is 1. The van der Waals surface area contributed by atoms with Gasteiger partial charge in [0, 0.05) is 42.9 Å². The lowest BCUT2D eigenvalue weighted by Crippen LogP contribution is -2.59. The Balaban J connectivity index is 1.56. The number of likely N-dealkylation sites (tertiary alicyclic amines) is 1. The first-order valence-electron chi connectivity index (χ1n) is 9.58. The first-order chi connectivity index (χ1) is 13.5. The smallest absolute Gasteiger partial charge is 0.255 e. The molecule has 0 bridgehead atoms. The number of benzene rings is 1. The molecule has 1 N–H and O–H groups in total. The highest BCUT2D eigenvalue weighted by atomic mass is 16.5. The van der Waals surface area contributed by atoms with E-state index in [-0.39, 0.29) is 49.2 Å². The molecule has 1 saturated heterocycles. The zero-order valence-electron chi connectivity index (χ0n) is 15.8. The molecule has 8 heteroatoms. The van der Waals surface area contributed by atoms with Gasteiger partial charge in [-0.1, -0.05) is 6.07 Å². The SMILES string of the molecule is COCC(=O)Nc1cccc2c1CN(C1CCC(=O)N(C3CCC3)C1=O)C2=O. The van der Waals surface area contributed by atoms with Crippen molar-refractivity contribution in [2.24, 2.45) is 0 Å². The van der Waals surface area contributed by atoms with Gasteiger partial charge in [-0.05, 0) is 37.8 Å². The molecule has 0 aromatic heterocycles. The van der Waals surface area contributed by atoms with Gasteiger partial charge < -0.3 is 15.0 Å². The molecule has 2 aliphatic heterocycles. The second kappa shape index (κ2) is 7.35. The van der Waals surface area contributed by atoms with E-state index in [2.05, 4.69) is 5.32 Å². The molecule has 1 aliphatic carbocycles.